The molecule has 0 spiro atoms. The molecule has 20 heavy (non-hydrogen) atoms. The third-order valence-corrected chi connectivity index (χ3v) is 3.66. The molecule has 6 nitrogen and oxygen atoms in total. The molecule has 0 saturated carbocycles. The van der Waals surface area contributed by atoms with E-state index in [0.29, 0.717) is 6.04 Å². The van der Waals surface area contributed by atoms with Gasteiger partial charge in [-0.2, -0.15) is 5.10 Å². The van der Waals surface area contributed by atoms with E-state index in [1.165, 1.54) is 0 Å². The first-order valence-electron chi connectivity index (χ1n) is 7.05. The topological polar surface area (TPSA) is 58.9 Å². The SMILES string of the molecule is Cn1cnc(CNC2CCN(c3ccccn3)CC2)n1. The summed E-state index contributed by atoms with van der Waals surface area (Å²) in [5.41, 5.74) is 0. The Morgan fingerprint density at radius 2 is 2.10 bits per heavy atom. The molecule has 6 heteroatoms. The molecular formula is C14H20N6. The zero-order valence-corrected chi connectivity index (χ0v) is 11.7. The van der Waals surface area contributed by atoms with Crippen LogP contribution >= 0.6 is 0 Å². The van der Waals surface area contributed by atoms with Crippen LogP contribution in [0.15, 0.2) is 30.7 Å². The Morgan fingerprint density at radius 1 is 1.25 bits per heavy atom. The molecule has 1 aliphatic rings. The van der Waals surface area contributed by atoms with Gasteiger partial charge in [-0.15, -0.1) is 0 Å². The monoisotopic (exact) mass is 272 g/mol. The zero-order valence-electron chi connectivity index (χ0n) is 11.7. The predicted octanol–water partition coefficient (Wildman–Crippen LogP) is 0.969. The number of hydrogen-bond acceptors (Lipinski definition) is 5. The van der Waals surface area contributed by atoms with Gasteiger partial charge in [0.05, 0.1) is 6.54 Å². The van der Waals surface area contributed by atoms with E-state index in [0.717, 1.165) is 44.1 Å². The smallest absolute Gasteiger partial charge is 0.164 e. The third-order valence-electron chi connectivity index (χ3n) is 3.66. The zero-order chi connectivity index (χ0) is 13.8. The van der Waals surface area contributed by atoms with Crippen molar-refractivity contribution in [2.24, 2.45) is 7.05 Å². The molecule has 3 rings (SSSR count). The predicted molar refractivity (Wildman–Crippen MR) is 77.3 cm³/mol. The Hall–Kier alpha value is -1.95. The lowest BCUT2D eigenvalue weighted by Crippen LogP contribution is -2.42. The van der Waals surface area contributed by atoms with Gasteiger partial charge in [0.1, 0.15) is 12.1 Å². The van der Waals surface area contributed by atoms with Crippen LogP contribution in [0.4, 0.5) is 5.82 Å². The van der Waals surface area contributed by atoms with Crippen molar-refractivity contribution in [2.45, 2.75) is 25.4 Å². The van der Waals surface area contributed by atoms with E-state index in [2.05, 4.69) is 31.3 Å². The second-order valence-electron chi connectivity index (χ2n) is 5.16. The summed E-state index contributed by atoms with van der Waals surface area (Å²) < 4.78 is 1.74. The maximum atomic E-state index is 4.41. The molecule has 0 atom stereocenters. The van der Waals surface area contributed by atoms with E-state index in [4.69, 9.17) is 0 Å². The maximum absolute atomic E-state index is 4.41. The largest absolute Gasteiger partial charge is 0.357 e. The van der Waals surface area contributed by atoms with Crippen LogP contribution in [0.3, 0.4) is 0 Å². The molecule has 1 N–H and O–H groups in total. The van der Waals surface area contributed by atoms with E-state index in [-0.39, 0.29) is 0 Å². The highest BCUT2D eigenvalue weighted by atomic mass is 15.3. The lowest BCUT2D eigenvalue weighted by atomic mass is 10.1. The van der Waals surface area contributed by atoms with Crippen molar-refractivity contribution >= 4 is 5.82 Å². The summed E-state index contributed by atoms with van der Waals surface area (Å²) in [4.78, 5) is 11.0. The van der Waals surface area contributed by atoms with Gasteiger partial charge < -0.3 is 10.2 Å². The molecule has 0 amide bonds. The van der Waals surface area contributed by atoms with Gasteiger partial charge in [-0.3, -0.25) is 4.68 Å². The Labute approximate surface area is 118 Å². The van der Waals surface area contributed by atoms with Crippen LogP contribution in [0, 0.1) is 0 Å². The average molecular weight is 272 g/mol. The summed E-state index contributed by atoms with van der Waals surface area (Å²) in [5.74, 6) is 1.94. The molecule has 0 unspecified atom stereocenters. The van der Waals surface area contributed by atoms with Crippen molar-refractivity contribution in [1.29, 1.82) is 0 Å². The highest BCUT2D eigenvalue weighted by Crippen LogP contribution is 2.17. The fourth-order valence-corrected chi connectivity index (χ4v) is 2.55. The highest BCUT2D eigenvalue weighted by Gasteiger charge is 2.19. The minimum Gasteiger partial charge on any atom is -0.357 e. The van der Waals surface area contributed by atoms with Crippen LogP contribution < -0.4 is 10.2 Å². The summed E-state index contributed by atoms with van der Waals surface area (Å²) in [6.45, 7) is 2.84. The molecule has 3 heterocycles. The Kier molecular flexibility index (Phi) is 3.92. The average Bonchev–Trinajstić information content (AvgIpc) is 2.92. The molecule has 2 aromatic heterocycles. The molecular weight excluding hydrogens is 252 g/mol. The Morgan fingerprint density at radius 3 is 2.75 bits per heavy atom. The number of rotatable bonds is 4. The first-order valence-corrected chi connectivity index (χ1v) is 7.05. The van der Waals surface area contributed by atoms with E-state index in [1.807, 2.05) is 25.4 Å². The number of hydrogen-bond donors (Lipinski definition) is 1. The summed E-state index contributed by atoms with van der Waals surface area (Å²) >= 11 is 0. The van der Waals surface area contributed by atoms with Gasteiger partial charge in [-0.25, -0.2) is 9.97 Å². The van der Waals surface area contributed by atoms with Crippen LogP contribution in [0.2, 0.25) is 0 Å². The highest BCUT2D eigenvalue weighted by molar-refractivity contribution is 5.38. The van der Waals surface area contributed by atoms with Crippen molar-refractivity contribution in [3.05, 3.63) is 36.5 Å². The van der Waals surface area contributed by atoms with Crippen molar-refractivity contribution < 1.29 is 0 Å². The number of aromatic nitrogens is 4. The number of aryl methyl sites for hydroxylation is 1. The van der Waals surface area contributed by atoms with Crippen molar-refractivity contribution in [2.75, 3.05) is 18.0 Å². The van der Waals surface area contributed by atoms with Gasteiger partial charge in [0, 0.05) is 32.4 Å². The standard InChI is InChI=1S/C14H20N6/c1-19-11-17-13(18-19)10-16-12-5-8-20(9-6-12)14-4-2-3-7-15-14/h2-4,7,11-12,16H,5-6,8-10H2,1H3. The van der Waals surface area contributed by atoms with Crippen molar-refractivity contribution in [3.63, 3.8) is 0 Å². The van der Waals surface area contributed by atoms with Crippen LogP contribution in [0.1, 0.15) is 18.7 Å². The molecule has 0 radical (unpaired) electrons. The fourth-order valence-electron chi connectivity index (χ4n) is 2.55. The number of nitrogens with one attached hydrogen (secondary N) is 1. The lowest BCUT2D eigenvalue weighted by Gasteiger charge is -2.33. The number of anilines is 1. The normalized spacial score (nSPS) is 16.6. The van der Waals surface area contributed by atoms with Gasteiger partial charge in [0.25, 0.3) is 0 Å². The molecule has 1 fully saturated rings. The van der Waals surface area contributed by atoms with Crippen LogP contribution in [0.25, 0.3) is 0 Å². The van der Waals surface area contributed by atoms with E-state index < -0.39 is 0 Å². The van der Waals surface area contributed by atoms with Gasteiger partial charge >= 0.3 is 0 Å². The van der Waals surface area contributed by atoms with Crippen molar-refractivity contribution in [1.82, 2.24) is 25.1 Å². The van der Waals surface area contributed by atoms with Gasteiger partial charge in [0.15, 0.2) is 5.82 Å². The van der Waals surface area contributed by atoms with Crippen LogP contribution in [-0.2, 0) is 13.6 Å². The van der Waals surface area contributed by atoms with E-state index >= 15 is 0 Å². The molecule has 0 aliphatic carbocycles. The Bertz CT molecular complexity index is 530. The second-order valence-corrected chi connectivity index (χ2v) is 5.16. The second kappa shape index (κ2) is 6.00. The quantitative estimate of drug-likeness (QED) is 0.898. The van der Waals surface area contributed by atoms with Crippen molar-refractivity contribution in [3.8, 4) is 0 Å². The first-order chi connectivity index (χ1) is 9.81. The fraction of sp³-hybridized carbons (Fsp3) is 0.500. The first kappa shape index (κ1) is 13.1. The maximum Gasteiger partial charge on any atom is 0.164 e. The number of nitrogens with zero attached hydrogens (tertiary/aromatic N) is 5. The minimum atomic E-state index is 0.541. The third kappa shape index (κ3) is 3.14. The number of piperidine rings is 1. The van der Waals surface area contributed by atoms with Gasteiger partial charge in [-0.05, 0) is 25.0 Å². The number of pyridine rings is 1. The summed E-state index contributed by atoms with van der Waals surface area (Å²) in [6, 6.07) is 6.61. The van der Waals surface area contributed by atoms with E-state index in [9.17, 15) is 0 Å². The molecule has 2 aromatic rings. The lowest BCUT2D eigenvalue weighted by molar-refractivity contribution is 0.408. The molecule has 1 aliphatic heterocycles. The van der Waals surface area contributed by atoms with Gasteiger partial charge in [-0.1, -0.05) is 6.07 Å². The van der Waals surface area contributed by atoms with Crippen LogP contribution in [-0.4, -0.2) is 38.9 Å². The minimum absolute atomic E-state index is 0.541. The molecule has 106 valence electrons. The van der Waals surface area contributed by atoms with Crippen LogP contribution in [0.5, 0.6) is 0 Å². The molecule has 0 aromatic carbocycles. The Balaban J connectivity index is 1.47. The molecule has 0 bridgehead atoms. The summed E-state index contributed by atoms with van der Waals surface area (Å²) in [5, 5.41) is 7.82. The summed E-state index contributed by atoms with van der Waals surface area (Å²) in [6.07, 6.45) is 5.85. The molecule has 1 saturated heterocycles. The van der Waals surface area contributed by atoms with Gasteiger partial charge in [0.2, 0.25) is 0 Å². The summed E-state index contributed by atoms with van der Waals surface area (Å²) in [7, 11) is 1.89. The van der Waals surface area contributed by atoms with E-state index in [1.54, 1.807) is 11.0 Å².